The molecule has 0 aromatic heterocycles. The Kier molecular flexibility index (Phi) is 3.21. The molecule has 3 nitrogen and oxygen atoms in total. The lowest BCUT2D eigenvalue weighted by molar-refractivity contribution is -0.122. The molecule has 0 radical (unpaired) electrons. The molecule has 2 fully saturated rings. The van der Waals surface area contributed by atoms with Crippen LogP contribution >= 0.6 is 15.9 Å². The van der Waals surface area contributed by atoms with E-state index in [1.807, 2.05) is 24.3 Å². The summed E-state index contributed by atoms with van der Waals surface area (Å²) in [6, 6.07) is 7.36. The molecule has 0 N–H and O–H groups in total. The number of rotatable bonds is 1. The fourth-order valence-corrected chi connectivity index (χ4v) is 3.50. The summed E-state index contributed by atoms with van der Waals surface area (Å²) in [5.74, 6) is 0.336. The van der Waals surface area contributed by atoms with Crippen molar-refractivity contribution < 1.29 is 9.59 Å². The second-order valence-corrected chi connectivity index (χ2v) is 6.54. The predicted molar refractivity (Wildman–Crippen MR) is 76.6 cm³/mol. The van der Waals surface area contributed by atoms with Gasteiger partial charge in [-0.2, -0.15) is 0 Å². The van der Waals surface area contributed by atoms with E-state index in [4.69, 9.17) is 0 Å². The Morgan fingerprint density at radius 1 is 1.05 bits per heavy atom. The van der Waals surface area contributed by atoms with Gasteiger partial charge in [0.15, 0.2) is 0 Å². The summed E-state index contributed by atoms with van der Waals surface area (Å²) in [7, 11) is 0. The number of fused-ring (bicyclic) bond motifs is 1. The topological polar surface area (TPSA) is 37.4 Å². The van der Waals surface area contributed by atoms with Crippen LogP contribution < -0.4 is 4.90 Å². The van der Waals surface area contributed by atoms with Crippen molar-refractivity contribution in [2.24, 2.45) is 17.8 Å². The lowest BCUT2D eigenvalue weighted by Crippen LogP contribution is -2.30. The first kappa shape index (κ1) is 12.9. The number of anilines is 1. The molecule has 1 saturated carbocycles. The Morgan fingerprint density at radius 2 is 1.68 bits per heavy atom. The second kappa shape index (κ2) is 4.75. The molecule has 2 aliphatic rings. The molecule has 1 heterocycles. The molecule has 100 valence electrons. The van der Waals surface area contributed by atoms with Gasteiger partial charge >= 0.3 is 0 Å². The van der Waals surface area contributed by atoms with Gasteiger partial charge in [0.1, 0.15) is 0 Å². The predicted octanol–water partition coefficient (Wildman–Crippen LogP) is 3.37. The maximum absolute atomic E-state index is 12.5. The van der Waals surface area contributed by atoms with Crippen LogP contribution in [0.2, 0.25) is 0 Å². The van der Waals surface area contributed by atoms with Crippen molar-refractivity contribution >= 4 is 33.4 Å². The maximum Gasteiger partial charge on any atom is 0.237 e. The van der Waals surface area contributed by atoms with Crippen molar-refractivity contribution in [1.29, 1.82) is 0 Å². The number of carbonyl (C=O) groups excluding carboxylic acids is 2. The van der Waals surface area contributed by atoms with E-state index in [0.717, 1.165) is 23.7 Å². The average Bonchev–Trinajstić information content (AvgIpc) is 2.63. The number of hydrogen-bond acceptors (Lipinski definition) is 2. The number of nitrogens with zero attached hydrogens (tertiary/aromatic N) is 1. The fourth-order valence-electron chi connectivity index (χ4n) is 3.23. The first-order chi connectivity index (χ1) is 9.08. The number of halogens is 1. The molecule has 3 rings (SSSR count). The van der Waals surface area contributed by atoms with Gasteiger partial charge in [0.25, 0.3) is 0 Å². The van der Waals surface area contributed by atoms with Crippen molar-refractivity contribution in [2.75, 3.05) is 4.90 Å². The highest BCUT2D eigenvalue weighted by Gasteiger charge is 2.49. The van der Waals surface area contributed by atoms with Gasteiger partial charge in [0, 0.05) is 4.47 Å². The monoisotopic (exact) mass is 321 g/mol. The summed E-state index contributed by atoms with van der Waals surface area (Å²) < 4.78 is 0.946. The third-order valence-corrected chi connectivity index (χ3v) is 4.80. The van der Waals surface area contributed by atoms with Crippen LogP contribution in [0.25, 0.3) is 0 Å². The van der Waals surface area contributed by atoms with Gasteiger partial charge in [-0.3, -0.25) is 14.5 Å². The second-order valence-electron chi connectivity index (χ2n) is 5.62. The molecule has 1 saturated heterocycles. The minimum absolute atomic E-state index is 0.00998. The Balaban J connectivity index is 1.93. The molecule has 4 heteroatoms. The summed E-state index contributed by atoms with van der Waals surface area (Å²) >= 11 is 3.36. The minimum Gasteiger partial charge on any atom is -0.274 e. The number of imide groups is 1. The Bertz CT molecular complexity index is 525. The van der Waals surface area contributed by atoms with Crippen LogP contribution in [0.1, 0.15) is 26.2 Å². The van der Waals surface area contributed by atoms with Gasteiger partial charge in [-0.25, -0.2) is 0 Å². The van der Waals surface area contributed by atoms with Gasteiger partial charge < -0.3 is 0 Å². The zero-order valence-electron chi connectivity index (χ0n) is 10.8. The molecule has 1 aliphatic heterocycles. The van der Waals surface area contributed by atoms with Crippen molar-refractivity contribution in [3.63, 3.8) is 0 Å². The molecular weight excluding hydrogens is 306 g/mol. The summed E-state index contributed by atoms with van der Waals surface area (Å²) in [6.45, 7) is 2.16. The minimum atomic E-state index is -0.0973. The van der Waals surface area contributed by atoms with Gasteiger partial charge in [0.05, 0.1) is 17.5 Å². The highest BCUT2D eigenvalue weighted by Crippen LogP contribution is 2.42. The van der Waals surface area contributed by atoms with Crippen molar-refractivity contribution in [3.8, 4) is 0 Å². The van der Waals surface area contributed by atoms with Crippen LogP contribution in [0, 0.1) is 17.8 Å². The Labute approximate surface area is 121 Å². The van der Waals surface area contributed by atoms with E-state index in [2.05, 4.69) is 22.9 Å². The quantitative estimate of drug-likeness (QED) is 0.744. The zero-order chi connectivity index (χ0) is 13.6. The van der Waals surface area contributed by atoms with Crippen molar-refractivity contribution in [2.45, 2.75) is 26.2 Å². The zero-order valence-corrected chi connectivity index (χ0v) is 12.4. The molecule has 2 amide bonds. The van der Waals surface area contributed by atoms with Crippen molar-refractivity contribution in [3.05, 3.63) is 28.7 Å². The molecular formula is C15H16BrNO2. The Hall–Kier alpha value is -1.16. The number of hydrogen-bond donors (Lipinski definition) is 0. The summed E-state index contributed by atoms with van der Waals surface area (Å²) in [5, 5.41) is 0. The molecule has 0 spiro atoms. The molecule has 3 atom stereocenters. The maximum atomic E-state index is 12.5. The van der Waals surface area contributed by atoms with Crippen LogP contribution in [0.3, 0.4) is 0 Å². The molecule has 0 unspecified atom stereocenters. The van der Waals surface area contributed by atoms with Crippen LogP contribution in [0.4, 0.5) is 5.69 Å². The van der Waals surface area contributed by atoms with Gasteiger partial charge in [-0.15, -0.1) is 0 Å². The number of amides is 2. The normalized spacial score (nSPS) is 30.6. The van der Waals surface area contributed by atoms with Gasteiger partial charge in [-0.1, -0.05) is 22.9 Å². The van der Waals surface area contributed by atoms with E-state index in [1.165, 1.54) is 4.90 Å². The summed E-state index contributed by atoms with van der Waals surface area (Å²) in [5.41, 5.74) is 0.695. The van der Waals surface area contributed by atoms with Crippen LogP contribution in [-0.2, 0) is 9.59 Å². The standard InChI is InChI=1S/C15H16BrNO2/c1-9-2-7-12-13(8-9)15(19)17(14(12)18)11-5-3-10(16)4-6-11/h3-6,9,12-13H,2,7-8H2,1H3/t9-,12-,13-/m1/s1. The molecule has 1 aromatic rings. The number of carbonyl (C=O) groups is 2. The number of benzene rings is 1. The third-order valence-electron chi connectivity index (χ3n) is 4.27. The highest BCUT2D eigenvalue weighted by atomic mass is 79.9. The van der Waals surface area contributed by atoms with Crippen LogP contribution in [0.5, 0.6) is 0 Å². The van der Waals surface area contributed by atoms with E-state index >= 15 is 0 Å². The summed E-state index contributed by atoms with van der Waals surface area (Å²) in [4.78, 5) is 26.3. The van der Waals surface area contributed by atoms with E-state index < -0.39 is 0 Å². The third kappa shape index (κ3) is 2.12. The SMILES string of the molecule is C[C@@H]1CC[C@H]2C(=O)N(c3ccc(Br)cc3)C(=O)[C@@H]2C1. The lowest BCUT2D eigenvalue weighted by atomic mass is 9.76. The first-order valence-corrected chi connectivity index (χ1v) is 7.50. The van der Waals surface area contributed by atoms with Gasteiger partial charge in [-0.05, 0) is 49.4 Å². The highest BCUT2D eigenvalue weighted by molar-refractivity contribution is 9.10. The molecule has 0 bridgehead atoms. The molecule has 1 aromatic carbocycles. The summed E-state index contributed by atoms with van der Waals surface area (Å²) in [6.07, 6.45) is 2.75. The smallest absolute Gasteiger partial charge is 0.237 e. The van der Waals surface area contributed by atoms with Crippen molar-refractivity contribution in [1.82, 2.24) is 0 Å². The molecule has 19 heavy (non-hydrogen) atoms. The Morgan fingerprint density at radius 3 is 2.37 bits per heavy atom. The fraction of sp³-hybridized carbons (Fsp3) is 0.467. The first-order valence-electron chi connectivity index (χ1n) is 6.71. The van der Waals surface area contributed by atoms with E-state index in [9.17, 15) is 9.59 Å². The lowest BCUT2D eigenvalue weighted by Gasteiger charge is -2.25. The van der Waals surface area contributed by atoms with E-state index in [1.54, 1.807) is 0 Å². The average molecular weight is 322 g/mol. The van der Waals surface area contributed by atoms with Crippen LogP contribution in [-0.4, -0.2) is 11.8 Å². The molecule has 1 aliphatic carbocycles. The largest absolute Gasteiger partial charge is 0.274 e. The van der Waals surface area contributed by atoms with Crippen LogP contribution in [0.15, 0.2) is 28.7 Å². The van der Waals surface area contributed by atoms with E-state index in [-0.39, 0.29) is 23.7 Å². The van der Waals surface area contributed by atoms with Gasteiger partial charge in [0.2, 0.25) is 11.8 Å². The van der Waals surface area contributed by atoms with E-state index in [0.29, 0.717) is 11.6 Å².